The van der Waals surface area contributed by atoms with Crippen molar-refractivity contribution in [3.8, 4) is 0 Å². The SMILES string of the molecule is CC(C(=O)N1CCc2cc(S(=O)(=O)Nc3nccs3)ccc21)n1ccc2ccccc21. The van der Waals surface area contributed by atoms with Gasteiger partial charge in [-0.15, -0.1) is 11.3 Å². The Bertz CT molecular complexity index is 1380. The zero-order valence-electron chi connectivity index (χ0n) is 16.7. The van der Waals surface area contributed by atoms with E-state index in [0.29, 0.717) is 18.1 Å². The molecule has 31 heavy (non-hydrogen) atoms. The maximum Gasteiger partial charge on any atom is 0.263 e. The Morgan fingerprint density at radius 2 is 2.03 bits per heavy atom. The molecule has 0 aliphatic carbocycles. The van der Waals surface area contributed by atoms with Gasteiger partial charge < -0.3 is 9.47 Å². The van der Waals surface area contributed by atoms with E-state index in [-0.39, 0.29) is 16.8 Å². The van der Waals surface area contributed by atoms with Crippen molar-refractivity contribution in [1.29, 1.82) is 0 Å². The summed E-state index contributed by atoms with van der Waals surface area (Å²) in [6.45, 7) is 2.42. The molecule has 0 saturated heterocycles. The van der Waals surface area contributed by atoms with Crippen LogP contribution in [0.1, 0.15) is 18.5 Å². The molecule has 0 bridgehead atoms. The zero-order chi connectivity index (χ0) is 21.6. The largest absolute Gasteiger partial charge is 0.335 e. The van der Waals surface area contributed by atoms with Crippen LogP contribution in [0.3, 0.4) is 0 Å². The minimum atomic E-state index is -3.73. The molecule has 1 aliphatic heterocycles. The van der Waals surface area contributed by atoms with E-state index in [1.165, 1.54) is 17.4 Å². The zero-order valence-corrected chi connectivity index (χ0v) is 18.4. The Labute approximate surface area is 184 Å². The number of sulfonamides is 1. The van der Waals surface area contributed by atoms with E-state index in [9.17, 15) is 13.2 Å². The van der Waals surface area contributed by atoms with Crippen LogP contribution in [0.25, 0.3) is 10.9 Å². The molecular formula is C22H20N4O3S2. The quantitative estimate of drug-likeness (QED) is 0.495. The number of hydrogen-bond donors (Lipinski definition) is 1. The first-order valence-corrected chi connectivity index (χ1v) is 12.2. The van der Waals surface area contributed by atoms with Gasteiger partial charge in [0.1, 0.15) is 6.04 Å². The average molecular weight is 453 g/mol. The van der Waals surface area contributed by atoms with Gasteiger partial charge in [0.15, 0.2) is 5.13 Å². The summed E-state index contributed by atoms with van der Waals surface area (Å²) in [5.41, 5.74) is 2.62. The maximum atomic E-state index is 13.3. The summed E-state index contributed by atoms with van der Waals surface area (Å²) in [7, 11) is -3.73. The Morgan fingerprint density at radius 3 is 2.84 bits per heavy atom. The second kappa shape index (κ2) is 7.51. The molecular weight excluding hydrogens is 432 g/mol. The number of carbonyl (C=O) groups is 1. The second-order valence-electron chi connectivity index (χ2n) is 7.43. The molecule has 0 radical (unpaired) electrons. The molecule has 2 aromatic heterocycles. The molecule has 7 nitrogen and oxygen atoms in total. The Morgan fingerprint density at radius 1 is 1.19 bits per heavy atom. The van der Waals surface area contributed by atoms with Crippen molar-refractivity contribution >= 4 is 49.0 Å². The number of hydrogen-bond acceptors (Lipinski definition) is 5. The number of anilines is 2. The van der Waals surface area contributed by atoms with Crippen molar-refractivity contribution in [1.82, 2.24) is 9.55 Å². The third kappa shape index (κ3) is 3.49. The van der Waals surface area contributed by atoms with Crippen molar-refractivity contribution in [2.45, 2.75) is 24.3 Å². The number of benzene rings is 2. The fourth-order valence-corrected chi connectivity index (χ4v) is 5.85. The molecule has 1 amide bonds. The van der Waals surface area contributed by atoms with E-state index in [2.05, 4.69) is 9.71 Å². The highest BCUT2D eigenvalue weighted by Gasteiger charge is 2.30. The van der Waals surface area contributed by atoms with Crippen molar-refractivity contribution in [3.63, 3.8) is 0 Å². The monoisotopic (exact) mass is 452 g/mol. The number of carbonyl (C=O) groups excluding carboxylic acids is 1. The molecule has 3 heterocycles. The van der Waals surface area contributed by atoms with E-state index >= 15 is 0 Å². The Kier molecular flexibility index (Phi) is 4.79. The lowest BCUT2D eigenvalue weighted by Gasteiger charge is -2.23. The van der Waals surface area contributed by atoms with Gasteiger partial charge in [-0.1, -0.05) is 18.2 Å². The first-order chi connectivity index (χ1) is 14.9. The second-order valence-corrected chi connectivity index (χ2v) is 10.0. The van der Waals surface area contributed by atoms with Crippen molar-refractivity contribution in [3.05, 3.63) is 71.9 Å². The third-order valence-corrected chi connectivity index (χ3v) is 7.74. The molecule has 1 aliphatic rings. The summed E-state index contributed by atoms with van der Waals surface area (Å²) in [6, 6.07) is 14.5. The van der Waals surface area contributed by atoms with Crippen molar-refractivity contribution < 1.29 is 13.2 Å². The minimum absolute atomic E-state index is 0.0170. The third-order valence-electron chi connectivity index (χ3n) is 5.58. The summed E-state index contributed by atoms with van der Waals surface area (Å²) >= 11 is 1.22. The average Bonchev–Trinajstić information content (AvgIpc) is 3.51. The number of nitrogens with zero attached hydrogens (tertiary/aromatic N) is 3. The van der Waals surface area contributed by atoms with Crippen LogP contribution in [0.15, 0.2) is 71.2 Å². The van der Waals surface area contributed by atoms with E-state index in [1.807, 2.05) is 48.0 Å². The topological polar surface area (TPSA) is 84.3 Å². The summed E-state index contributed by atoms with van der Waals surface area (Å²) in [5.74, 6) is -0.0170. The highest BCUT2D eigenvalue weighted by molar-refractivity contribution is 7.93. The molecule has 0 fully saturated rings. The van der Waals surface area contributed by atoms with E-state index in [0.717, 1.165) is 22.2 Å². The van der Waals surface area contributed by atoms with Gasteiger partial charge in [-0.05, 0) is 54.6 Å². The van der Waals surface area contributed by atoms with Gasteiger partial charge in [0.25, 0.3) is 10.0 Å². The number of amides is 1. The van der Waals surface area contributed by atoms with Crippen LogP contribution in [0.5, 0.6) is 0 Å². The lowest BCUT2D eigenvalue weighted by atomic mass is 10.2. The van der Waals surface area contributed by atoms with Crippen LogP contribution >= 0.6 is 11.3 Å². The first-order valence-electron chi connectivity index (χ1n) is 9.86. The predicted molar refractivity (Wildman–Crippen MR) is 122 cm³/mol. The van der Waals surface area contributed by atoms with Gasteiger partial charge in [0.2, 0.25) is 5.91 Å². The van der Waals surface area contributed by atoms with Crippen molar-refractivity contribution in [2.75, 3.05) is 16.2 Å². The summed E-state index contributed by atoms with van der Waals surface area (Å²) < 4.78 is 29.8. The van der Waals surface area contributed by atoms with E-state index in [4.69, 9.17) is 0 Å². The van der Waals surface area contributed by atoms with Gasteiger partial charge >= 0.3 is 0 Å². The Balaban J connectivity index is 1.41. The number of para-hydroxylation sites is 1. The van der Waals surface area contributed by atoms with Crippen molar-refractivity contribution in [2.24, 2.45) is 0 Å². The van der Waals surface area contributed by atoms with Crippen LogP contribution in [-0.2, 0) is 21.2 Å². The van der Waals surface area contributed by atoms with Crippen LogP contribution in [0, 0.1) is 0 Å². The van der Waals surface area contributed by atoms with Gasteiger partial charge in [0, 0.05) is 35.5 Å². The molecule has 1 atom stereocenters. The molecule has 158 valence electrons. The van der Waals surface area contributed by atoms with Crippen LogP contribution < -0.4 is 9.62 Å². The molecule has 1 unspecified atom stereocenters. The Hall–Kier alpha value is -3.17. The number of thiazole rings is 1. The van der Waals surface area contributed by atoms with Gasteiger partial charge in [-0.2, -0.15) is 0 Å². The highest BCUT2D eigenvalue weighted by atomic mass is 32.2. The number of nitrogens with one attached hydrogen (secondary N) is 1. The highest BCUT2D eigenvalue weighted by Crippen LogP contribution is 2.33. The lowest BCUT2D eigenvalue weighted by molar-refractivity contribution is -0.121. The van der Waals surface area contributed by atoms with E-state index in [1.54, 1.807) is 28.6 Å². The molecule has 1 N–H and O–H groups in total. The van der Waals surface area contributed by atoms with Gasteiger partial charge in [-0.25, -0.2) is 13.4 Å². The predicted octanol–water partition coefficient (Wildman–Crippen LogP) is 4.05. The molecule has 0 spiro atoms. The summed E-state index contributed by atoms with van der Waals surface area (Å²) in [6.07, 6.45) is 4.09. The maximum absolute atomic E-state index is 13.3. The molecule has 2 aromatic carbocycles. The number of rotatable bonds is 5. The summed E-state index contributed by atoms with van der Waals surface area (Å²) in [4.78, 5) is 19.2. The van der Waals surface area contributed by atoms with Gasteiger partial charge in [0.05, 0.1) is 4.90 Å². The fourth-order valence-electron chi connectivity index (χ4n) is 4.01. The van der Waals surface area contributed by atoms with Crippen LogP contribution in [0.4, 0.5) is 10.8 Å². The molecule has 0 saturated carbocycles. The van der Waals surface area contributed by atoms with Gasteiger partial charge in [-0.3, -0.25) is 9.52 Å². The standard InChI is InChI=1S/C22H20N4O3S2/c1-15(25-11-8-16-4-2-3-5-19(16)25)21(27)26-12-9-17-14-18(6-7-20(17)26)31(28,29)24-22-23-10-13-30-22/h2-8,10-11,13-15H,9,12H2,1H3,(H,23,24). The fraction of sp³-hybridized carbons (Fsp3) is 0.182. The number of fused-ring (bicyclic) bond motifs is 2. The lowest BCUT2D eigenvalue weighted by Crippen LogP contribution is -2.34. The van der Waals surface area contributed by atoms with E-state index < -0.39 is 10.0 Å². The van der Waals surface area contributed by atoms with Crippen LogP contribution in [-0.4, -0.2) is 30.4 Å². The first kappa shape index (κ1) is 19.8. The van der Waals surface area contributed by atoms with Crippen LogP contribution in [0.2, 0.25) is 0 Å². The smallest absolute Gasteiger partial charge is 0.263 e. The molecule has 9 heteroatoms. The minimum Gasteiger partial charge on any atom is -0.335 e. The molecule has 4 aromatic rings. The number of aromatic nitrogens is 2. The molecule has 5 rings (SSSR count). The normalized spacial score (nSPS) is 14.5. The summed E-state index contributed by atoms with van der Waals surface area (Å²) in [5, 5.41) is 3.12.